The molecule has 2 atom stereocenters. The minimum atomic E-state index is 0.172. The maximum atomic E-state index is 5.90. The van der Waals surface area contributed by atoms with E-state index in [0.29, 0.717) is 5.88 Å². The fourth-order valence-electron chi connectivity index (χ4n) is 2.49. The molecule has 1 aromatic rings. The number of halogens is 1. The summed E-state index contributed by atoms with van der Waals surface area (Å²) in [6.45, 7) is 7.22. The molecule has 0 aliphatic carbocycles. The van der Waals surface area contributed by atoms with Crippen LogP contribution in [0.1, 0.15) is 25.0 Å². The molecule has 18 heavy (non-hydrogen) atoms. The molecule has 0 amide bonds. The monoisotopic (exact) mass is 267 g/mol. The van der Waals surface area contributed by atoms with Crippen LogP contribution in [0.4, 0.5) is 0 Å². The molecule has 0 radical (unpaired) electrons. The van der Waals surface area contributed by atoms with E-state index in [1.54, 1.807) is 0 Å². The van der Waals surface area contributed by atoms with Crippen molar-refractivity contribution in [2.24, 2.45) is 0 Å². The largest absolute Gasteiger partial charge is 0.371 e. The number of rotatable bonds is 4. The second kappa shape index (κ2) is 6.55. The standard InChI is InChI=1S/C15H22ClNO/c1-3-13-4-6-14(7-5-13)10-17-9-12(2)18-15(8-16)11-17/h4-7,12,15H,3,8-11H2,1-2H3. The Morgan fingerprint density at radius 2 is 1.89 bits per heavy atom. The van der Waals surface area contributed by atoms with E-state index in [4.69, 9.17) is 16.3 Å². The summed E-state index contributed by atoms with van der Waals surface area (Å²) in [7, 11) is 0. The van der Waals surface area contributed by atoms with Crippen LogP contribution in [0.2, 0.25) is 0 Å². The molecule has 3 heteroatoms. The van der Waals surface area contributed by atoms with Crippen molar-refractivity contribution >= 4 is 11.6 Å². The van der Waals surface area contributed by atoms with Crippen LogP contribution < -0.4 is 0 Å². The van der Waals surface area contributed by atoms with Crippen LogP contribution in [-0.2, 0) is 17.7 Å². The van der Waals surface area contributed by atoms with Gasteiger partial charge in [0.1, 0.15) is 0 Å². The molecule has 0 aromatic heterocycles. The Morgan fingerprint density at radius 3 is 2.50 bits per heavy atom. The van der Waals surface area contributed by atoms with Crippen LogP contribution in [0.5, 0.6) is 0 Å². The number of morpholine rings is 1. The smallest absolute Gasteiger partial charge is 0.0841 e. The second-order valence-electron chi connectivity index (χ2n) is 5.09. The van der Waals surface area contributed by atoms with Crippen molar-refractivity contribution in [3.05, 3.63) is 35.4 Å². The molecule has 1 aliphatic heterocycles. The van der Waals surface area contributed by atoms with Gasteiger partial charge in [-0.25, -0.2) is 0 Å². The molecular formula is C15H22ClNO. The minimum Gasteiger partial charge on any atom is -0.371 e. The normalized spacial score (nSPS) is 25.3. The summed E-state index contributed by atoms with van der Waals surface area (Å²) < 4.78 is 5.77. The predicted octanol–water partition coefficient (Wildman–Crippen LogP) is 3.08. The third kappa shape index (κ3) is 3.71. The molecular weight excluding hydrogens is 246 g/mol. The van der Waals surface area contributed by atoms with E-state index < -0.39 is 0 Å². The van der Waals surface area contributed by atoms with Crippen molar-refractivity contribution in [3.8, 4) is 0 Å². The highest BCUT2D eigenvalue weighted by molar-refractivity contribution is 6.18. The van der Waals surface area contributed by atoms with Crippen molar-refractivity contribution in [1.82, 2.24) is 4.90 Å². The predicted molar refractivity (Wildman–Crippen MR) is 76.2 cm³/mol. The third-order valence-corrected chi connectivity index (χ3v) is 3.76. The molecule has 1 saturated heterocycles. The van der Waals surface area contributed by atoms with Crippen molar-refractivity contribution in [3.63, 3.8) is 0 Å². The zero-order valence-corrected chi connectivity index (χ0v) is 12.0. The maximum absolute atomic E-state index is 5.90. The van der Waals surface area contributed by atoms with Crippen LogP contribution in [0.15, 0.2) is 24.3 Å². The van der Waals surface area contributed by atoms with Gasteiger partial charge in [0.05, 0.1) is 12.2 Å². The molecule has 2 rings (SSSR count). The van der Waals surface area contributed by atoms with Gasteiger partial charge in [0, 0.05) is 25.5 Å². The topological polar surface area (TPSA) is 12.5 Å². The van der Waals surface area contributed by atoms with Gasteiger partial charge in [-0.2, -0.15) is 0 Å². The van der Waals surface area contributed by atoms with Gasteiger partial charge in [-0.3, -0.25) is 4.90 Å². The molecule has 0 spiro atoms. The lowest BCUT2D eigenvalue weighted by molar-refractivity contribution is -0.0688. The second-order valence-corrected chi connectivity index (χ2v) is 5.40. The minimum absolute atomic E-state index is 0.172. The quantitative estimate of drug-likeness (QED) is 0.778. The van der Waals surface area contributed by atoms with Gasteiger partial charge in [0.2, 0.25) is 0 Å². The van der Waals surface area contributed by atoms with Crippen molar-refractivity contribution in [2.75, 3.05) is 19.0 Å². The van der Waals surface area contributed by atoms with E-state index in [1.807, 2.05) is 0 Å². The van der Waals surface area contributed by atoms with E-state index in [9.17, 15) is 0 Å². The molecule has 100 valence electrons. The highest BCUT2D eigenvalue weighted by Crippen LogP contribution is 2.16. The van der Waals surface area contributed by atoms with Crippen LogP contribution in [0, 0.1) is 0 Å². The Hall–Kier alpha value is -0.570. The summed E-state index contributed by atoms with van der Waals surface area (Å²) >= 11 is 5.90. The first-order chi connectivity index (χ1) is 8.71. The number of ether oxygens (including phenoxy) is 1. The summed E-state index contributed by atoms with van der Waals surface area (Å²) in [5, 5.41) is 0. The Labute approximate surface area is 115 Å². The van der Waals surface area contributed by atoms with Gasteiger partial charge in [-0.05, 0) is 24.5 Å². The van der Waals surface area contributed by atoms with E-state index in [1.165, 1.54) is 11.1 Å². The first-order valence-corrected chi connectivity index (χ1v) is 7.26. The molecule has 0 N–H and O–H groups in total. The SMILES string of the molecule is CCc1ccc(CN2CC(C)OC(CCl)C2)cc1. The summed E-state index contributed by atoms with van der Waals surface area (Å²) in [5.41, 5.74) is 2.77. The van der Waals surface area contributed by atoms with Gasteiger partial charge < -0.3 is 4.74 Å². The summed E-state index contributed by atoms with van der Waals surface area (Å²) in [6, 6.07) is 8.90. The lowest BCUT2D eigenvalue weighted by atomic mass is 10.1. The molecule has 0 bridgehead atoms. The molecule has 1 aromatic carbocycles. The number of aryl methyl sites for hydroxylation is 1. The summed E-state index contributed by atoms with van der Waals surface area (Å²) in [5.74, 6) is 0.579. The van der Waals surface area contributed by atoms with E-state index in [0.717, 1.165) is 26.1 Å². The first-order valence-electron chi connectivity index (χ1n) is 6.73. The molecule has 1 aliphatic rings. The molecule has 1 fully saturated rings. The van der Waals surface area contributed by atoms with Crippen LogP contribution in [0.3, 0.4) is 0 Å². The molecule has 2 nitrogen and oxygen atoms in total. The van der Waals surface area contributed by atoms with Gasteiger partial charge >= 0.3 is 0 Å². The summed E-state index contributed by atoms with van der Waals surface area (Å²) in [4.78, 5) is 2.43. The van der Waals surface area contributed by atoms with E-state index >= 15 is 0 Å². The van der Waals surface area contributed by atoms with Crippen LogP contribution >= 0.6 is 11.6 Å². The highest BCUT2D eigenvalue weighted by Gasteiger charge is 2.24. The van der Waals surface area contributed by atoms with E-state index in [2.05, 4.69) is 43.0 Å². The zero-order chi connectivity index (χ0) is 13.0. The van der Waals surface area contributed by atoms with Crippen molar-refractivity contribution in [2.45, 2.75) is 39.0 Å². The van der Waals surface area contributed by atoms with Gasteiger partial charge in [-0.1, -0.05) is 31.2 Å². The van der Waals surface area contributed by atoms with Crippen LogP contribution in [0.25, 0.3) is 0 Å². The van der Waals surface area contributed by atoms with Crippen molar-refractivity contribution in [1.29, 1.82) is 0 Å². The zero-order valence-electron chi connectivity index (χ0n) is 11.2. The Balaban J connectivity index is 1.95. The lowest BCUT2D eigenvalue weighted by Gasteiger charge is -2.36. The number of alkyl halides is 1. The van der Waals surface area contributed by atoms with E-state index in [-0.39, 0.29) is 12.2 Å². The maximum Gasteiger partial charge on any atom is 0.0841 e. The third-order valence-electron chi connectivity index (χ3n) is 3.41. The lowest BCUT2D eigenvalue weighted by Crippen LogP contribution is -2.46. The fourth-order valence-corrected chi connectivity index (χ4v) is 2.66. The van der Waals surface area contributed by atoms with Gasteiger partial charge in [0.25, 0.3) is 0 Å². The Morgan fingerprint density at radius 1 is 1.22 bits per heavy atom. The first kappa shape index (κ1) is 13.9. The average molecular weight is 268 g/mol. The average Bonchev–Trinajstić information content (AvgIpc) is 2.39. The van der Waals surface area contributed by atoms with Gasteiger partial charge in [0.15, 0.2) is 0 Å². The molecule has 2 unspecified atom stereocenters. The Kier molecular flexibility index (Phi) is 5.04. The van der Waals surface area contributed by atoms with Crippen LogP contribution in [-0.4, -0.2) is 36.1 Å². The van der Waals surface area contributed by atoms with Crippen molar-refractivity contribution < 1.29 is 4.74 Å². The van der Waals surface area contributed by atoms with Gasteiger partial charge in [-0.15, -0.1) is 11.6 Å². The molecule has 0 saturated carbocycles. The number of benzene rings is 1. The number of nitrogens with zero attached hydrogens (tertiary/aromatic N) is 1. The molecule has 1 heterocycles. The fraction of sp³-hybridized carbons (Fsp3) is 0.600. The summed E-state index contributed by atoms with van der Waals surface area (Å²) in [6.07, 6.45) is 1.55. The number of hydrogen-bond acceptors (Lipinski definition) is 2. The Bertz CT molecular complexity index is 365. The highest BCUT2D eigenvalue weighted by atomic mass is 35.5. The number of hydrogen-bond donors (Lipinski definition) is 0.